The van der Waals surface area contributed by atoms with E-state index in [1.54, 1.807) is 6.92 Å². The number of carbonyl (C=O) groups is 1. The monoisotopic (exact) mass is 310 g/mol. The van der Waals surface area contributed by atoms with Crippen LogP contribution in [-0.2, 0) is 16.0 Å². The van der Waals surface area contributed by atoms with E-state index in [-0.39, 0.29) is 5.97 Å². The Kier molecular flexibility index (Phi) is 5.38. The van der Waals surface area contributed by atoms with Crippen molar-refractivity contribution < 1.29 is 9.53 Å². The molecule has 20 heavy (non-hydrogen) atoms. The number of ether oxygens (including phenoxy) is 1. The van der Waals surface area contributed by atoms with Gasteiger partial charge in [0.2, 0.25) is 0 Å². The van der Waals surface area contributed by atoms with Crippen LogP contribution in [0.1, 0.15) is 19.0 Å². The third kappa shape index (κ3) is 4.51. The normalized spacial score (nSPS) is 10.3. The number of nitrogens with one attached hydrogen (secondary N) is 1. The van der Waals surface area contributed by atoms with Crippen molar-refractivity contribution in [3.05, 3.63) is 40.4 Å². The lowest BCUT2D eigenvalue weighted by atomic mass is 10.2. The SMILES string of the molecule is CCOC(=O)CCc1csc(Nc2ccc(Cl)cc2)n1. The van der Waals surface area contributed by atoms with Gasteiger partial charge in [0, 0.05) is 22.5 Å². The maximum absolute atomic E-state index is 11.3. The number of carbonyl (C=O) groups excluding carboxylic acids is 1. The molecule has 0 amide bonds. The summed E-state index contributed by atoms with van der Waals surface area (Å²) in [5, 5.41) is 6.64. The van der Waals surface area contributed by atoms with Crippen LogP contribution in [0.3, 0.4) is 0 Å². The van der Waals surface area contributed by atoms with E-state index in [4.69, 9.17) is 16.3 Å². The van der Waals surface area contributed by atoms with Gasteiger partial charge in [0.05, 0.1) is 18.7 Å². The number of halogens is 1. The minimum Gasteiger partial charge on any atom is -0.466 e. The van der Waals surface area contributed by atoms with Crippen molar-refractivity contribution in [2.45, 2.75) is 19.8 Å². The number of hydrogen-bond donors (Lipinski definition) is 1. The molecule has 0 atom stereocenters. The van der Waals surface area contributed by atoms with Crippen LogP contribution in [0, 0.1) is 0 Å². The third-order valence-electron chi connectivity index (χ3n) is 2.54. The highest BCUT2D eigenvalue weighted by molar-refractivity contribution is 7.13. The number of aromatic nitrogens is 1. The first-order valence-corrected chi connectivity index (χ1v) is 7.55. The summed E-state index contributed by atoms with van der Waals surface area (Å²) in [5.74, 6) is -0.187. The largest absolute Gasteiger partial charge is 0.466 e. The molecule has 2 rings (SSSR count). The number of hydrogen-bond acceptors (Lipinski definition) is 5. The predicted molar refractivity (Wildman–Crippen MR) is 81.8 cm³/mol. The Balaban J connectivity index is 1.88. The Labute approximate surface area is 126 Å². The van der Waals surface area contributed by atoms with Crippen LogP contribution in [0.5, 0.6) is 0 Å². The molecule has 0 radical (unpaired) electrons. The summed E-state index contributed by atoms with van der Waals surface area (Å²) in [4.78, 5) is 15.7. The Bertz CT molecular complexity index is 569. The molecule has 0 saturated carbocycles. The minimum absolute atomic E-state index is 0.187. The zero-order chi connectivity index (χ0) is 14.4. The molecule has 4 nitrogen and oxygen atoms in total. The maximum atomic E-state index is 11.3. The van der Waals surface area contributed by atoms with Crippen molar-refractivity contribution >= 4 is 39.7 Å². The predicted octanol–water partition coefficient (Wildman–Crippen LogP) is 4.04. The molecular formula is C14H15ClN2O2S. The number of rotatable bonds is 6. The van der Waals surface area contributed by atoms with E-state index in [9.17, 15) is 4.79 Å². The summed E-state index contributed by atoms with van der Waals surface area (Å²) in [6.07, 6.45) is 0.954. The van der Waals surface area contributed by atoms with Crippen molar-refractivity contribution in [2.24, 2.45) is 0 Å². The lowest BCUT2D eigenvalue weighted by Gasteiger charge is -2.02. The van der Waals surface area contributed by atoms with E-state index >= 15 is 0 Å². The average Bonchev–Trinajstić information content (AvgIpc) is 2.87. The van der Waals surface area contributed by atoms with Crippen molar-refractivity contribution in [1.82, 2.24) is 4.98 Å². The first kappa shape index (κ1) is 14.8. The van der Waals surface area contributed by atoms with Crippen LogP contribution in [0.4, 0.5) is 10.8 Å². The minimum atomic E-state index is -0.187. The highest BCUT2D eigenvalue weighted by atomic mass is 35.5. The molecule has 0 aliphatic heterocycles. The standard InChI is InChI=1S/C14H15ClN2O2S/c1-2-19-13(18)8-7-12-9-20-14(17-12)16-11-5-3-10(15)4-6-11/h3-6,9H,2,7-8H2,1H3,(H,16,17). The number of nitrogens with zero attached hydrogens (tertiary/aromatic N) is 1. The molecule has 0 saturated heterocycles. The summed E-state index contributed by atoms with van der Waals surface area (Å²) in [5.41, 5.74) is 1.82. The number of esters is 1. The molecule has 1 N–H and O–H groups in total. The van der Waals surface area contributed by atoms with Gasteiger partial charge in [-0.05, 0) is 31.2 Å². The Morgan fingerprint density at radius 3 is 2.85 bits per heavy atom. The molecule has 2 aromatic rings. The molecule has 0 aliphatic carbocycles. The molecule has 0 aliphatic rings. The van der Waals surface area contributed by atoms with E-state index in [0.717, 1.165) is 16.5 Å². The number of aryl methyl sites for hydroxylation is 1. The summed E-state index contributed by atoms with van der Waals surface area (Å²) in [6, 6.07) is 7.42. The molecule has 106 valence electrons. The molecule has 1 heterocycles. The van der Waals surface area contributed by atoms with Gasteiger partial charge in [-0.2, -0.15) is 0 Å². The fourth-order valence-electron chi connectivity index (χ4n) is 1.60. The number of thiazole rings is 1. The van der Waals surface area contributed by atoms with Gasteiger partial charge in [-0.1, -0.05) is 11.6 Å². The smallest absolute Gasteiger partial charge is 0.306 e. The van der Waals surface area contributed by atoms with Gasteiger partial charge in [-0.25, -0.2) is 4.98 Å². The van der Waals surface area contributed by atoms with Crippen molar-refractivity contribution in [3.8, 4) is 0 Å². The van der Waals surface area contributed by atoms with E-state index < -0.39 is 0 Å². The average molecular weight is 311 g/mol. The molecule has 6 heteroatoms. The van der Waals surface area contributed by atoms with E-state index in [2.05, 4.69) is 10.3 Å². The van der Waals surface area contributed by atoms with Gasteiger partial charge in [0.15, 0.2) is 5.13 Å². The second-order valence-corrected chi connectivity index (χ2v) is 5.38. The second kappa shape index (κ2) is 7.26. The third-order valence-corrected chi connectivity index (χ3v) is 3.60. The Morgan fingerprint density at radius 2 is 2.15 bits per heavy atom. The quantitative estimate of drug-likeness (QED) is 0.818. The second-order valence-electron chi connectivity index (χ2n) is 4.08. The summed E-state index contributed by atoms with van der Waals surface area (Å²) >= 11 is 7.34. The van der Waals surface area contributed by atoms with Gasteiger partial charge in [-0.3, -0.25) is 4.79 Å². The summed E-state index contributed by atoms with van der Waals surface area (Å²) in [7, 11) is 0. The van der Waals surface area contributed by atoms with Gasteiger partial charge < -0.3 is 10.1 Å². The van der Waals surface area contributed by atoms with Gasteiger partial charge in [0.1, 0.15) is 0 Å². The van der Waals surface area contributed by atoms with Crippen LogP contribution >= 0.6 is 22.9 Å². The van der Waals surface area contributed by atoms with Crippen LogP contribution in [0.2, 0.25) is 5.02 Å². The Morgan fingerprint density at radius 1 is 1.40 bits per heavy atom. The molecule has 0 unspecified atom stereocenters. The lowest BCUT2D eigenvalue weighted by molar-refractivity contribution is -0.143. The van der Waals surface area contributed by atoms with Gasteiger partial charge >= 0.3 is 5.97 Å². The highest BCUT2D eigenvalue weighted by Crippen LogP contribution is 2.22. The van der Waals surface area contributed by atoms with Gasteiger partial charge in [0.25, 0.3) is 0 Å². The van der Waals surface area contributed by atoms with Crippen LogP contribution < -0.4 is 5.32 Å². The number of benzene rings is 1. The van der Waals surface area contributed by atoms with Crippen molar-refractivity contribution in [3.63, 3.8) is 0 Å². The zero-order valence-corrected chi connectivity index (χ0v) is 12.6. The maximum Gasteiger partial charge on any atom is 0.306 e. The van der Waals surface area contributed by atoms with Crippen LogP contribution in [0.25, 0.3) is 0 Å². The summed E-state index contributed by atoms with van der Waals surface area (Å²) < 4.78 is 4.89. The molecule has 0 fully saturated rings. The first-order chi connectivity index (χ1) is 9.67. The van der Waals surface area contributed by atoms with E-state index in [1.807, 2.05) is 29.6 Å². The fourth-order valence-corrected chi connectivity index (χ4v) is 2.49. The van der Waals surface area contributed by atoms with Crippen LogP contribution in [-0.4, -0.2) is 17.6 Å². The van der Waals surface area contributed by atoms with E-state index in [0.29, 0.717) is 24.5 Å². The molecule has 1 aromatic heterocycles. The molecule has 1 aromatic carbocycles. The zero-order valence-electron chi connectivity index (χ0n) is 11.1. The molecule has 0 bridgehead atoms. The van der Waals surface area contributed by atoms with Gasteiger partial charge in [-0.15, -0.1) is 11.3 Å². The lowest BCUT2D eigenvalue weighted by Crippen LogP contribution is -2.05. The highest BCUT2D eigenvalue weighted by Gasteiger charge is 2.06. The molecule has 0 spiro atoms. The summed E-state index contributed by atoms with van der Waals surface area (Å²) in [6.45, 7) is 2.22. The first-order valence-electron chi connectivity index (χ1n) is 6.30. The topological polar surface area (TPSA) is 51.2 Å². The molecular weight excluding hydrogens is 296 g/mol. The number of anilines is 2. The van der Waals surface area contributed by atoms with E-state index in [1.165, 1.54) is 11.3 Å². The Hall–Kier alpha value is -1.59. The van der Waals surface area contributed by atoms with Crippen LogP contribution in [0.15, 0.2) is 29.6 Å². The fraction of sp³-hybridized carbons (Fsp3) is 0.286. The van der Waals surface area contributed by atoms with Crippen molar-refractivity contribution in [1.29, 1.82) is 0 Å². The van der Waals surface area contributed by atoms with Crippen molar-refractivity contribution in [2.75, 3.05) is 11.9 Å².